The third kappa shape index (κ3) is 4.59. The van der Waals surface area contributed by atoms with Gasteiger partial charge in [-0.2, -0.15) is 0 Å². The molecule has 0 amide bonds. The van der Waals surface area contributed by atoms with E-state index in [0.29, 0.717) is 23.7 Å². The summed E-state index contributed by atoms with van der Waals surface area (Å²) in [4.78, 5) is 37.2. The van der Waals surface area contributed by atoms with Crippen LogP contribution in [0.15, 0.2) is 27.8 Å². The van der Waals surface area contributed by atoms with Crippen LogP contribution in [0.25, 0.3) is 12.2 Å². The van der Waals surface area contributed by atoms with Crippen molar-refractivity contribution in [3.8, 4) is 11.5 Å². The Kier molecular flexibility index (Phi) is 6.31. The van der Waals surface area contributed by atoms with Gasteiger partial charge < -0.3 is 14.5 Å². The van der Waals surface area contributed by atoms with Crippen molar-refractivity contribution in [3.05, 3.63) is 60.4 Å². The van der Waals surface area contributed by atoms with E-state index in [9.17, 15) is 19.7 Å². The standard InChI is InChI=1S/C17H19N3O6/c1-3-4-9-26-13-8-6-11(10-14(13)25-2)5-7-12-15(20(23)24)16(21)19-17(22)18-12/h5-8,10H,3-4,9H2,1-2H3,(H2,18,19,21,22). The van der Waals surface area contributed by atoms with Crippen molar-refractivity contribution in [3.63, 3.8) is 0 Å². The van der Waals surface area contributed by atoms with Crippen molar-refractivity contribution in [2.24, 2.45) is 0 Å². The number of hydrogen-bond acceptors (Lipinski definition) is 6. The lowest BCUT2D eigenvalue weighted by atomic mass is 10.1. The topological polar surface area (TPSA) is 127 Å². The van der Waals surface area contributed by atoms with E-state index in [0.717, 1.165) is 12.8 Å². The van der Waals surface area contributed by atoms with Gasteiger partial charge in [0.1, 0.15) is 5.69 Å². The fourth-order valence-corrected chi connectivity index (χ4v) is 2.21. The second-order valence-corrected chi connectivity index (χ2v) is 5.37. The molecule has 2 N–H and O–H groups in total. The van der Waals surface area contributed by atoms with Gasteiger partial charge in [0.15, 0.2) is 11.5 Å². The fourth-order valence-electron chi connectivity index (χ4n) is 2.21. The lowest BCUT2D eigenvalue weighted by Crippen LogP contribution is -2.25. The number of nitrogens with one attached hydrogen (secondary N) is 2. The number of ether oxygens (including phenoxy) is 2. The van der Waals surface area contributed by atoms with Crippen LogP contribution in [0.3, 0.4) is 0 Å². The van der Waals surface area contributed by atoms with Crippen LogP contribution in [0, 0.1) is 10.1 Å². The zero-order valence-corrected chi connectivity index (χ0v) is 14.4. The lowest BCUT2D eigenvalue weighted by Gasteiger charge is -2.10. The van der Waals surface area contributed by atoms with Crippen LogP contribution in [0.5, 0.6) is 11.5 Å². The first kappa shape index (κ1) is 19.0. The first-order chi connectivity index (χ1) is 12.5. The van der Waals surface area contributed by atoms with Crippen molar-refractivity contribution >= 4 is 17.8 Å². The Hall–Kier alpha value is -3.36. The summed E-state index contributed by atoms with van der Waals surface area (Å²) in [5.74, 6) is 1.10. The number of aromatic nitrogens is 2. The van der Waals surface area contributed by atoms with Crippen LogP contribution in [0.1, 0.15) is 31.0 Å². The van der Waals surface area contributed by atoms with Crippen LogP contribution >= 0.6 is 0 Å². The molecule has 2 rings (SSSR count). The highest BCUT2D eigenvalue weighted by Gasteiger charge is 2.18. The van der Waals surface area contributed by atoms with Gasteiger partial charge in [0.25, 0.3) is 0 Å². The van der Waals surface area contributed by atoms with E-state index >= 15 is 0 Å². The highest BCUT2D eigenvalue weighted by Crippen LogP contribution is 2.29. The molecule has 0 aliphatic carbocycles. The number of benzene rings is 1. The molecule has 0 saturated carbocycles. The smallest absolute Gasteiger partial charge is 0.357 e. The van der Waals surface area contributed by atoms with Crippen LogP contribution in [-0.4, -0.2) is 28.6 Å². The summed E-state index contributed by atoms with van der Waals surface area (Å²) in [6.07, 6.45) is 4.75. The van der Waals surface area contributed by atoms with Crippen molar-refractivity contribution in [1.82, 2.24) is 9.97 Å². The summed E-state index contributed by atoms with van der Waals surface area (Å²) in [6, 6.07) is 5.15. The number of H-pyrrole nitrogens is 2. The van der Waals surface area contributed by atoms with Gasteiger partial charge >= 0.3 is 16.9 Å². The molecule has 0 atom stereocenters. The third-order valence-corrected chi connectivity index (χ3v) is 3.51. The molecule has 26 heavy (non-hydrogen) atoms. The van der Waals surface area contributed by atoms with Gasteiger partial charge in [0.05, 0.1) is 18.6 Å². The first-order valence-electron chi connectivity index (χ1n) is 7.96. The maximum absolute atomic E-state index is 11.6. The van der Waals surface area contributed by atoms with Crippen LogP contribution in [0.2, 0.25) is 0 Å². The molecule has 9 nitrogen and oxygen atoms in total. The van der Waals surface area contributed by atoms with Gasteiger partial charge in [-0.3, -0.25) is 19.9 Å². The molecule has 1 aromatic heterocycles. The second-order valence-electron chi connectivity index (χ2n) is 5.37. The molecule has 138 valence electrons. The van der Waals surface area contributed by atoms with Crippen molar-refractivity contribution in [1.29, 1.82) is 0 Å². The normalized spacial score (nSPS) is 10.8. The Morgan fingerprint density at radius 1 is 1.19 bits per heavy atom. The molecule has 0 radical (unpaired) electrons. The Balaban J connectivity index is 2.33. The van der Waals surface area contributed by atoms with Crippen molar-refractivity contribution in [2.45, 2.75) is 19.8 Å². The molecule has 0 aliphatic rings. The first-order valence-corrected chi connectivity index (χ1v) is 7.96. The predicted molar refractivity (Wildman–Crippen MR) is 96.7 cm³/mol. The molecule has 0 unspecified atom stereocenters. The van der Waals surface area contributed by atoms with Gasteiger partial charge in [-0.1, -0.05) is 25.5 Å². The average Bonchev–Trinajstić information content (AvgIpc) is 2.59. The quantitative estimate of drug-likeness (QED) is 0.422. The van der Waals surface area contributed by atoms with E-state index in [4.69, 9.17) is 9.47 Å². The summed E-state index contributed by atoms with van der Waals surface area (Å²) < 4.78 is 10.9. The SMILES string of the molecule is CCCCOc1ccc(C=Cc2[nH]c(=O)[nH]c(=O)c2[N+](=O)[O-])cc1OC. The van der Waals surface area contributed by atoms with Crippen LogP contribution in [0.4, 0.5) is 5.69 Å². The molecule has 1 aromatic carbocycles. The molecular weight excluding hydrogens is 342 g/mol. The van der Waals surface area contributed by atoms with E-state index in [1.807, 2.05) is 4.98 Å². The maximum Gasteiger partial charge on any atom is 0.357 e. The maximum atomic E-state index is 11.6. The second kappa shape index (κ2) is 8.65. The molecular formula is C17H19N3O6. The Labute approximate surface area is 148 Å². The number of unbranched alkanes of at least 4 members (excludes halogenated alkanes) is 1. The average molecular weight is 361 g/mol. The van der Waals surface area contributed by atoms with Crippen molar-refractivity contribution in [2.75, 3.05) is 13.7 Å². The number of methoxy groups -OCH3 is 1. The highest BCUT2D eigenvalue weighted by atomic mass is 16.6. The fraction of sp³-hybridized carbons (Fsp3) is 0.294. The highest BCUT2D eigenvalue weighted by molar-refractivity contribution is 5.72. The Morgan fingerprint density at radius 2 is 1.96 bits per heavy atom. The predicted octanol–water partition coefficient (Wildman–Crippen LogP) is 2.33. The molecule has 1 heterocycles. The number of nitro groups is 1. The number of nitrogens with zero attached hydrogens (tertiary/aromatic N) is 1. The monoisotopic (exact) mass is 361 g/mol. The molecule has 0 bridgehead atoms. The molecule has 0 spiro atoms. The zero-order valence-electron chi connectivity index (χ0n) is 14.4. The van der Waals surface area contributed by atoms with Crippen LogP contribution in [-0.2, 0) is 0 Å². The minimum Gasteiger partial charge on any atom is -0.493 e. The molecule has 2 aromatic rings. The van der Waals surface area contributed by atoms with Gasteiger partial charge in [-0.05, 0) is 30.2 Å². The van der Waals surface area contributed by atoms with Gasteiger partial charge in [-0.25, -0.2) is 4.79 Å². The van der Waals surface area contributed by atoms with E-state index in [1.165, 1.54) is 19.3 Å². The molecule has 0 fully saturated rings. The summed E-state index contributed by atoms with van der Waals surface area (Å²) >= 11 is 0. The number of aromatic amines is 2. The van der Waals surface area contributed by atoms with E-state index in [2.05, 4.69) is 11.9 Å². The molecule has 9 heteroatoms. The van der Waals surface area contributed by atoms with Gasteiger partial charge in [-0.15, -0.1) is 0 Å². The summed E-state index contributed by atoms with van der Waals surface area (Å²) in [5.41, 5.74) is -2.15. The van der Waals surface area contributed by atoms with Gasteiger partial charge in [0.2, 0.25) is 0 Å². The minimum absolute atomic E-state index is 0.189. The van der Waals surface area contributed by atoms with Crippen molar-refractivity contribution < 1.29 is 14.4 Å². The Morgan fingerprint density at radius 3 is 2.62 bits per heavy atom. The lowest BCUT2D eigenvalue weighted by molar-refractivity contribution is -0.386. The summed E-state index contributed by atoms with van der Waals surface area (Å²) in [7, 11) is 1.51. The molecule has 0 saturated heterocycles. The number of hydrogen-bond donors (Lipinski definition) is 2. The van der Waals surface area contributed by atoms with Crippen LogP contribution < -0.4 is 20.7 Å². The van der Waals surface area contributed by atoms with Gasteiger partial charge in [0, 0.05) is 0 Å². The minimum atomic E-state index is -1.06. The summed E-state index contributed by atoms with van der Waals surface area (Å²) in [6.45, 7) is 2.63. The largest absolute Gasteiger partial charge is 0.493 e. The Bertz CT molecular complexity index is 929. The zero-order chi connectivity index (χ0) is 19.1. The summed E-state index contributed by atoms with van der Waals surface area (Å²) in [5, 5.41) is 11.0. The number of rotatable bonds is 8. The van der Waals surface area contributed by atoms with E-state index < -0.39 is 21.9 Å². The third-order valence-electron chi connectivity index (χ3n) is 3.51. The molecule has 0 aliphatic heterocycles. The van der Waals surface area contributed by atoms with E-state index in [-0.39, 0.29) is 5.69 Å². The van der Waals surface area contributed by atoms with E-state index in [1.54, 1.807) is 18.2 Å².